The fourth-order valence-electron chi connectivity index (χ4n) is 7.01. The SMILES string of the molecule is COC(=O)C1CCC(C(=O)N[C@@H]2C[C@H](NCC(C)C)CC[C@@H]2N2CC[C@H](Nc3ncnc4ccc(C(F)(F)F)cc34)C2=O)CC1. The number of carbonyl (C=O) groups is 3. The second-order valence-corrected chi connectivity index (χ2v) is 13.0. The molecule has 0 unspecified atom stereocenters. The van der Waals surface area contributed by atoms with Crippen LogP contribution < -0.4 is 16.0 Å². The molecule has 2 aliphatic carbocycles. The number of carbonyl (C=O) groups excluding carboxylic acids is 3. The molecule has 1 aromatic heterocycles. The number of anilines is 1. The maximum atomic E-state index is 13.8. The minimum atomic E-state index is -4.52. The number of nitrogens with zero attached hydrogens (tertiary/aromatic N) is 3. The van der Waals surface area contributed by atoms with E-state index in [-0.39, 0.29) is 58.9 Å². The van der Waals surface area contributed by atoms with Crippen molar-refractivity contribution in [1.29, 1.82) is 0 Å². The first-order valence-corrected chi connectivity index (χ1v) is 15.9. The Morgan fingerprint density at radius 3 is 2.47 bits per heavy atom. The molecular formula is C32H43F3N6O4. The van der Waals surface area contributed by atoms with Crippen molar-refractivity contribution in [2.75, 3.05) is 25.5 Å². The fourth-order valence-corrected chi connectivity index (χ4v) is 7.01. The van der Waals surface area contributed by atoms with Crippen molar-refractivity contribution in [2.24, 2.45) is 17.8 Å². The first kappa shape index (κ1) is 32.9. The van der Waals surface area contributed by atoms with Gasteiger partial charge in [0, 0.05) is 23.9 Å². The molecule has 10 nitrogen and oxygen atoms in total. The molecule has 2 saturated carbocycles. The molecule has 3 N–H and O–H groups in total. The van der Waals surface area contributed by atoms with Gasteiger partial charge >= 0.3 is 12.1 Å². The average molecular weight is 633 g/mol. The zero-order valence-electron chi connectivity index (χ0n) is 26.0. The highest BCUT2D eigenvalue weighted by atomic mass is 19.4. The topological polar surface area (TPSA) is 126 Å². The number of benzene rings is 1. The van der Waals surface area contributed by atoms with Gasteiger partial charge in [-0.15, -0.1) is 0 Å². The first-order valence-electron chi connectivity index (χ1n) is 15.9. The van der Waals surface area contributed by atoms with E-state index in [1.165, 1.54) is 19.5 Å². The summed E-state index contributed by atoms with van der Waals surface area (Å²) in [6.07, 6.45) is 1.87. The lowest BCUT2D eigenvalue weighted by Crippen LogP contribution is -2.59. The number of methoxy groups -OCH3 is 1. The molecule has 1 aromatic carbocycles. The number of amides is 2. The van der Waals surface area contributed by atoms with Crippen molar-refractivity contribution < 1.29 is 32.3 Å². The first-order chi connectivity index (χ1) is 21.4. The summed E-state index contributed by atoms with van der Waals surface area (Å²) in [6, 6.07) is 2.35. The lowest BCUT2D eigenvalue weighted by Gasteiger charge is -2.42. The van der Waals surface area contributed by atoms with E-state index >= 15 is 0 Å². The molecule has 2 aromatic rings. The van der Waals surface area contributed by atoms with Crippen molar-refractivity contribution in [1.82, 2.24) is 25.5 Å². The molecule has 1 saturated heterocycles. The van der Waals surface area contributed by atoms with Gasteiger partial charge in [-0.25, -0.2) is 9.97 Å². The van der Waals surface area contributed by atoms with Gasteiger partial charge in [0.2, 0.25) is 11.8 Å². The fraction of sp³-hybridized carbons (Fsp3) is 0.656. The van der Waals surface area contributed by atoms with Crippen LogP contribution in [0.25, 0.3) is 10.9 Å². The number of hydrogen-bond acceptors (Lipinski definition) is 8. The number of halogens is 3. The van der Waals surface area contributed by atoms with Gasteiger partial charge < -0.3 is 25.6 Å². The lowest BCUT2D eigenvalue weighted by molar-refractivity contribution is -0.147. The zero-order chi connectivity index (χ0) is 32.3. The molecule has 3 aliphatic rings. The lowest BCUT2D eigenvalue weighted by atomic mass is 9.80. The zero-order valence-corrected chi connectivity index (χ0v) is 26.0. The maximum absolute atomic E-state index is 13.8. The number of nitrogens with one attached hydrogen (secondary N) is 3. The standard InChI is InChI=1S/C32H43F3N6O4/c1-18(2)16-36-22-9-11-27(26(15-22)40-29(42)19-4-6-20(7-5-19)31(44)45-3)41-13-12-25(30(41)43)39-28-23-14-21(32(33,34)35)8-10-24(23)37-17-38-28/h8,10,14,17-20,22,25-27,36H,4-7,9,11-13,15-16H2,1-3H3,(H,40,42)(H,37,38,39)/t19?,20?,22-,25+,26-,27+/m1/s1. The molecule has 2 heterocycles. The highest BCUT2D eigenvalue weighted by molar-refractivity contribution is 5.93. The van der Waals surface area contributed by atoms with Gasteiger partial charge in [-0.3, -0.25) is 14.4 Å². The monoisotopic (exact) mass is 632 g/mol. The molecule has 5 rings (SSSR count). The maximum Gasteiger partial charge on any atom is 0.416 e. The summed E-state index contributed by atoms with van der Waals surface area (Å²) in [5.41, 5.74) is -0.467. The van der Waals surface area contributed by atoms with E-state index < -0.39 is 17.8 Å². The number of aromatic nitrogens is 2. The van der Waals surface area contributed by atoms with Crippen molar-refractivity contribution in [3.63, 3.8) is 0 Å². The number of rotatable bonds is 9. The van der Waals surface area contributed by atoms with Gasteiger partial charge in [0.25, 0.3) is 0 Å². The summed E-state index contributed by atoms with van der Waals surface area (Å²) in [4.78, 5) is 49.4. The Bertz CT molecular complexity index is 1380. The van der Waals surface area contributed by atoms with E-state index in [9.17, 15) is 27.6 Å². The van der Waals surface area contributed by atoms with E-state index in [2.05, 4.69) is 39.8 Å². The van der Waals surface area contributed by atoms with Crippen molar-refractivity contribution in [3.8, 4) is 0 Å². The van der Waals surface area contributed by atoms with E-state index in [1.807, 2.05) is 4.90 Å². The third-order valence-corrected chi connectivity index (χ3v) is 9.50. The molecule has 1 aliphatic heterocycles. The Morgan fingerprint density at radius 1 is 1.04 bits per heavy atom. The molecule has 4 atom stereocenters. The molecule has 0 radical (unpaired) electrons. The second-order valence-electron chi connectivity index (χ2n) is 13.0. The van der Waals surface area contributed by atoms with E-state index in [4.69, 9.17) is 4.74 Å². The highest BCUT2D eigenvalue weighted by Gasteiger charge is 2.43. The van der Waals surface area contributed by atoms with E-state index in [0.29, 0.717) is 62.9 Å². The number of ether oxygens (including phenoxy) is 1. The van der Waals surface area contributed by atoms with Gasteiger partial charge in [-0.05, 0) is 82.0 Å². The van der Waals surface area contributed by atoms with E-state index in [0.717, 1.165) is 25.1 Å². The van der Waals surface area contributed by atoms with Gasteiger partial charge in [0.15, 0.2) is 0 Å². The summed E-state index contributed by atoms with van der Waals surface area (Å²) in [5, 5.41) is 10.2. The molecule has 246 valence electrons. The Morgan fingerprint density at radius 2 is 1.78 bits per heavy atom. The minimum Gasteiger partial charge on any atom is -0.469 e. The normalized spacial score (nSPS) is 27.5. The van der Waals surface area contributed by atoms with Crippen LogP contribution in [0.5, 0.6) is 0 Å². The van der Waals surface area contributed by atoms with Crippen molar-refractivity contribution in [3.05, 3.63) is 30.1 Å². The number of fused-ring (bicyclic) bond motifs is 1. The molecule has 45 heavy (non-hydrogen) atoms. The quantitative estimate of drug-likeness (QED) is 0.350. The molecule has 0 spiro atoms. The Kier molecular flexibility index (Phi) is 10.1. The van der Waals surface area contributed by atoms with Gasteiger partial charge in [0.1, 0.15) is 18.2 Å². The van der Waals surface area contributed by atoms with E-state index in [1.54, 1.807) is 0 Å². The van der Waals surface area contributed by atoms with Crippen LogP contribution in [0.4, 0.5) is 19.0 Å². The second kappa shape index (κ2) is 13.9. The van der Waals surface area contributed by atoms with Crippen molar-refractivity contribution >= 4 is 34.5 Å². The van der Waals surface area contributed by atoms with Crippen LogP contribution in [0.15, 0.2) is 24.5 Å². The molecule has 0 bridgehead atoms. The summed E-state index contributed by atoms with van der Waals surface area (Å²) in [6.45, 7) is 5.59. The van der Waals surface area contributed by atoms with Gasteiger partial charge in [0.05, 0.1) is 36.2 Å². The summed E-state index contributed by atoms with van der Waals surface area (Å²) in [5.74, 6) is -0.168. The largest absolute Gasteiger partial charge is 0.469 e. The smallest absolute Gasteiger partial charge is 0.416 e. The Labute approximate surface area is 261 Å². The van der Waals surface area contributed by atoms with Gasteiger partial charge in [-0.1, -0.05) is 13.8 Å². The van der Waals surface area contributed by atoms with Crippen LogP contribution in [0.3, 0.4) is 0 Å². The average Bonchev–Trinajstić information content (AvgIpc) is 3.38. The molecular weight excluding hydrogens is 589 g/mol. The summed E-state index contributed by atoms with van der Waals surface area (Å²) in [7, 11) is 1.38. The summed E-state index contributed by atoms with van der Waals surface area (Å²) < 4.78 is 45.1. The van der Waals surface area contributed by atoms with Crippen LogP contribution in [-0.2, 0) is 25.3 Å². The number of hydrogen-bond donors (Lipinski definition) is 3. The van der Waals surface area contributed by atoms with Crippen LogP contribution >= 0.6 is 0 Å². The van der Waals surface area contributed by atoms with Crippen LogP contribution in [-0.4, -0.2) is 77.0 Å². The Balaban J connectivity index is 1.29. The number of esters is 1. The third kappa shape index (κ3) is 7.67. The van der Waals surface area contributed by atoms with Crippen LogP contribution in [0.1, 0.15) is 70.8 Å². The number of alkyl halides is 3. The molecule has 2 amide bonds. The predicted octanol–water partition coefficient (Wildman–Crippen LogP) is 4.29. The summed E-state index contributed by atoms with van der Waals surface area (Å²) >= 11 is 0. The minimum absolute atomic E-state index is 0.0490. The molecule has 13 heteroatoms. The predicted molar refractivity (Wildman–Crippen MR) is 162 cm³/mol. The molecule has 3 fully saturated rings. The number of likely N-dealkylation sites (tertiary alicyclic amines) is 1. The highest BCUT2D eigenvalue weighted by Crippen LogP contribution is 2.35. The van der Waals surface area contributed by atoms with Crippen LogP contribution in [0, 0.1) is 17.8 Å². The Hall–Kier alpha value is -3.48. The van der Waals surface area contributed by atoms with Gasteiger partial charge in [-0.2, -0.15) is 13.2 Å². The van der Waals surface area contributed by atoms with Crippen LogP contribution in [0.2, 0.25) is 0 Å². The van der Waals surface area contributed by atoms with Crippen molar-refractivity contribution in [2.45, 2.75) is 95.6 Å². The third-order valence-electron chi connectivity index (χ3n) is 9.50.